The van der Waals surface area contributed by atoms with E-state index in [1.165, 1.54) is 0 Å². The summed E-state index contributed by atoms with van der Waals surface area (Å²) < 4.78 is 5.24. The summed E-state index contributed by atoms with van der Waals surface area (Å²) in [6.07, 6.45) is 2.41. The molecule has 1 unspecified atom stereocenters. The molecule has 2 amide bonds. The van der Waals surface area contributed by atoms with Crippen molar-refractivity contribution in [3.8, 4) is 5.75 Å². The van der Waals surface area contributed by atoms with Gasteiger partial charge in [-0.3, -0.25) is 9.59 Å². The summed E-state index contributed by atoms with van der Waals surface area (Å²) in [6.45, 7) is 2.36. The van der Waals surface area contributed by atoms with Gasteiger partial charge in [-0.25, -0.2) is 0 Å². The van der Waals surface area contributed by atoms with Gasteiger partial charge in [-0.15, -0.1) is 0 Å². The SMILES string of the molecule is COc1cccc(N2CC(C(=O)NCc3nc(N(C)C)nc(N4CCCC4)n3)CC2=O)c1. The summed E-state index contributed by atoms with van der Waals surface area (Å²) in [6, 6.07) is 7.29. The van der Waals surface area contributed by atoms with Gasteiger partial charge in [0.1, 0.15) is 5.75 Å². The third-order valence-corrected chi connectivity index (χ3v) is 5.73. The second-order valence-electron chi connectivity index (χ2n) is 8.26. The first-order valence-electron chi connectivity index (χ1n) is 10.8. The lowest BCUT2D eigenvalue weighted by Crippen LogP contribution is -2.33. The van der Waals surface area contributed by atoms with Crippen LogP contribution >= 0.6 is 0 Å². The van der Waals surface area contributed by atoms with E-state index in [9.17, 15) is 9.59 Å². The Balaban J connectivity index is 1.42. The number of nitrogens with zero attached hydrogens (tertiary/aromatic N) is 6. The number of nitrogens with one attached hydrogen (secondary N) is 1. The van der Waals surface area contributed by atoms with E-state index in [1.807, 2.05) is 37.2 Å². The second-order valence-corrected chi connectivity index (χ2v) is 8.26. The van der Waals surface area contributed by atoms with Gasteiger partial charge in [-0.2, -0.15) is 15.0 Å². The van der Waals surface area contributed by atoms with E-state index in [2.05, 4.69) is 25.2 Å². The lowest BCUT2D eigenvalue weighted by Gasteiger charge is -2.19. The molecule has 1 N–H and O–H groups in total. The molecule has 0 radical (unpaired) electrons. The predicted molar refractivity (Wildman–Crippen MR) is 121 cm³/mol. The molecule has 1 atom stereocenters. The summed E-state index contributed by atoms with van der Waals surface area (Å²) in [5.41, 5.74) is 0.730. The Morgan fingerprint density at radius 2 is 2.00 bits per heavy atom. The zero-order chi connectivity index (χ0) is 22.7. The quantitative estimate of drug-likeness (QED) is 0.687. The number of aromatic nitrogens is 3. The third kappa shape index (κ3) is 4.74. The highest BCUT2D eigenvalue weighted by molar-refractivity contribution is 6.00. The maximum Gasteiger partial charge on any atom is 0.230 e. The highest BCUT2D eigenvalue weighted by Gasteiger charge is 2.35. The fraction of sp³-hybridized carbons (Fsp3) is 0.500. The number of benzene rings is 1. The summed E-state index contributed by atoms with van der Waals surface area (Å²) in [7, 11) is 5.34. The van der Waals surface area contributed by atoms with Crippen LogP contribution in [0.4, 0.5) is 17.6 Å². The minimum atomic E-state index is -0.429. The van der Waals surface area contributed by atoms with E-state index in [0.717, 1.165) is 31.6 Å². The fourth-order valence-corrected chi connectivity index (χ4v) is 3.95. The summed E-state index contributed by atoms with van der Waals surface area (Å²) in [5.74, 6) is 1.69. The zero-order valence-electron chi connectivity index (χ0n) is 18.7. The summed E-state index contributed by atoms with van der Waals surface area (Å²) in [5, 5.41) is 2.91. The molecule has 0 saturated carbocycles. The molecule has 0 aliphatic carbocycles. The third-order valence-electron chi connectivity index (χ3n) is 5.73. The molecule has 170 valence electrons. The van der Waals surface area contributed by atoms with Crippen molar-refractivity contribution >= 4 is 29.4 Å². The lowest BCUT2D eigenvalue weighted by atomic mass is 10.1. The monoisotopic (exact) mass is 439 g/mol. The van der Waals surface area contributed by atoms with Crippen molar-refractivity contribution < 1.29 is 14.3 Å². The van der Waals surface area contributed by atoms with Crippen molar-refractivity contribution in [1.82, 2.24) is 20.3 Å². The van der Waals surface area contributed by atoms with Gasteiger partial charge in [-0.1, -0.05) is 6.07 Å². The normalized spacial score (nSPS) is 18.2. The van der Waals surface area contributed by atoms with Crippen LogP contribution in [-0.4, -0.2) is 67.6 Å². The molecule has 2 aliphatic heterocycles. The van der Waals surface area contributed by atoms with E-state index < -0.39 is 5.92 Å². The Morgan fingerprint density at radius 1 is 1.22 bits per heavy atom. The van der Waals surface area contributed by atoms with Crippen LogP contribution in [0, 0.1) is 5.92 Å². The van der Waals surface area contributed by atoms with Crippen LogP contribution in [0.25, 0.3) is 0 Å². The van der Waals surface area contributed by atoms with E-state index in [-0.39, 0.29) is 24.8 Å². The fourth-order valence-electron chi connectivity index (χ4n) is 3.95. The first-order valence-corrected chi connectivity index (χ1v) is 10.8. The average Bonchev–Trinajstić information content (AvgIpc) is 3.47. The molecule has 0 spiro atoms. The van der Waals surface area contributed by atoms with Crippen LogP contribution < -0.4 is 24.8 Å². The molecule has 1 aromatic carbocycles. The van der Waals surface area contributed by atoms with Gasteiger partial charge in [0.05, 0.1) is 19.6 Å². The highest BCUT2D eigenvalue weighted by atomic mass is 16.5. The van der Waals surface area contributed by atoms with E-state index in [4.69, 9.17) is 4.74 Å². The van der Waals surface area contributed by atoms with Gasteiger partial charge >= 0.3 is 0 Å². The maximum atomic E-state index is 12.8. The van der Waals surface area contributed by atoms with Gasteiger partial charge in [-0.05, 0) is 25.0 Å². The number of ether oxygens (including phenoxy) is 1. The second kappa shape index (κ2) is 9.37. The Hall–Kier alpha value is -3.43. The molecule has 10 nitrogen and oxygen atoms in total. The number of methoxy groups -OCH3 is 1. The van der Waals surface area contributed by atoms with Crippen molar-refractivity contribution in [2.24, 2.45) is 5.92 Å². The van der Waals surface area contributed by atoms with Crippen molar-refractivity contribution in [3.05, 3.63) is 30.1 Å². The number of anilines is 3. The van der Waals surface area contributed by atoms with Crippen LogP contribution in [0.2, 0.25) is 0 Å². The van der Waals surface area contributed by atoms with Gasteiger partial charge in [0.25, 0.3) is 0 Å². The minimum Gasteiger partial charge on any atom is -0.497 e. The number of carbonyl (C=O) groups excluding carboxylic acids is 2. The van der Waals surface area contributed by atoms with Crippen molar-refractivity contribution in [2.75, 3.05) is 55.5 Å². The largest absolute Gasteiger partial charge is 0.497 e. The molecule has 1 aromatic heterocycles. The van der Waals surface area contributed by atoms with E-state index in [0.29, 0.717) is 30.0 Å². The highest BCUT2D eigenvalue weighted by Crippen LogP contribution is 2.28. The Morgan fingerprint density at radius 3 is 2.72 bits per heavy atom. The number of carbonyl (C=O) groups is 2. The standard InChI is InChI=1S/C22H29N7O3/c1-27(2)21-24-18(25-22(26-21)28-9-4-5-10-28)13-23-20(31)15-11-19(30)29(14-15)16-7-6-8-17(12-16)32-3/h6-8,12,15H,4-5,9-11,13-14H2,1-3H3,(H,23,31). The van der Waals surface area contributed by atoms with E-state index >= 15 is 0 Å². The zero-order valence-corrected chi connectivity index (χ0v) is 18.7. The first kappa shape index (κ1) is 21.8. The van der Waals surface area contributed by atoms with Gasteiger partial charge in [0, 0.05) is 51.9 Å². The van der Waals surface area contributed by atoms with Crippen LogP contribution in [-0.2, 0) is 16.1 Å². The average molecular weight is 440 g/mol. The number of rotatable bonds is 7. The molecule has 2 aliphatic rings. The van der Waals surface area contributed by atoms with Gasteiger partial charge in [0.15, 0.2) is 5.82 Å². The van der Waals surface area contributed by atoms with Gasteiger partial charge in [0.2, 0.25) is 23.7 Å². The lowest BCUT2D eigenvalue weighted by molar-refractivity contribution is -0.126. The Kier molecular flexibility index (Phi) is 6.38. The van der Waals surface area contributed by atoms with Gasteiger partial charge < -0.3 is 24.8 Å². The van der Waals surface area contributed by atoms with Crippen LogP contribution in [0.5, 0.6) is 5.75 Å². The number of hydrogen-bond donors (Lipinski definition) is 1. The Labute approximate surface area is 187 Å². The van der Waals surface area contributed by atoms with Crippen molar-refractivity contribution in [1.29, 1.82) is 0 Å². The van der Waals surface area contributed by atoms with Crippen LogP contribution in [0.15, 0.2) is 24.3 Å². The summed E-state index contributed by atoms with van der Waals surface area (Å²) >= 11 is 0. The summed E-state index contributed by atoms with van der Waals surface area (Å²) in [4.78, 5) is 44.5. The van der Waals surface area contributed by atoms with Crippen LogP contribution in [0.3, 0.4) is 0 Å². The number of hydrogen-bond acceptors (Lipinski definition) is 8. The molecule has 3 heterocycles. The molecular weight excluding hydrogens is 410 g/mol. The number of amides is 2. The first-order chi connectivity index (χ1) is 15.4. The Bertz CT molecular complexity index is 991. The molecule has 32 heavy (non-hydrogen) atoms. The molecular formula is C22H29N7O3. The van der Waals surface area contributed by atoms with E-state index in [1.54, 1.807) is 18.1 Å². The molecule has 4 rings (SSSR count). The molecule has 0 bridgehead atoms. The van der Waals surface area contributed by atoms with Crippen molar-refractivity contribution in [2.45, 2.75) is 25.8 Å². The topological polar surface area (TPSA) is 104 Å². The molecule has 2 fully saturated rings. The van der Waals surface area contributed by atoms with Crippen molar-refractivity contribution in [3.63, 3.8) is 0 Å². The van der Waals surface area contributed by atoms with Crippen LogP contribution in [0.1, 0.15) is 25.1 Å². The molecule has 10 heteroatoms. The smallest absolute Gasteiger partial charge is 0.230 e. The molecule has 2 aromatic rings. The minimum absolute atomic E-state index is 0.0789. The molecule has 2 saturated heterocycles. The maximum absolute atomic E-state index is 12.8. The predicted octanol–water partition coefficient (Wildman–Crippen LogP) is 1.22.